The second-order valence-electron chi connectivity index (χ2n) is 6.53. The van der Waals surface area contributed by atoms with E-state index in [1.807, 2.05) is 0 Å². The smallest absolute Gasteiger partial charge is 0.160 e. The Kier molecular flexibility index (Phi) is 16.3. The zero-order chi connectivity index (χ0) is 22.3. The van der Waals surface area contributed by atoms with Crippen LogP contribution in [0, 0.1) is 0 Å². The molecular formula is C22H38N2O4. The molecule has 0 fully saturated rings. The lowest BCUT2D eigenvalue weighted by atomic mass is 9.91. The Morgan fingerprint density at radius 3 is 1.64 bits per heavy atom. The first-order valence-electron chi connectivity index (χ1n) is 9.83. The van der Waals surface area contributed by atoms with Gasteiger partial charge >= 0.3 is 0 Å². The SMILES string of the molecule is CC(=O)c1cc(C(C)=O)c(C(C)O)cc1C(C)=O.CCCCCCCN.CN. The van der Waals surface area contributed by atoms with Crippen molar-refractivity contribution in [3.63, 3.8) is 0 Å². The maximum Gasteiger partial charge on any atom is 0.160 e. The molecule has 160 valence electrons. The first-order valence-corrected chi connectivity index (χ1v) is 9.83. The van der Waals surface area contributed by atoms with Crippen molar-refractivity contribution in [2.45, 2.75) is 72.8 Å². The van der Waals surface area contributed by atoms with Gasteiger partial charge < -0.3 is 16.6 Å². The van der Waals surface area contributed by atoms with Gasteiger partial charge in [0.25, 0.3) is 0 Å². The second kappa shape index (κ2) is 16.1. The highest BCUT2D eigenvalue weighted by atomic mass is 16.3. The van der Waals surface area contributed by atoms with Gasteiger partial charge in [-0.25, -0.2) is 0 Å². The Morgan fingerprint density at radius 2 is 1.29 bits per heavy atom. The van der Waals surface area contributed by atoms with E-state index in [4.69, 9.17) is 5.73 Å². The molecule has 0 aliphatic carbocycles. The first-order chi connectivity index (χ1) is 13.2. The van der Waals surface area contributed by atoms with E-state index in [9.17, 15) is 19.5 Å². The van der Waals surface area contributed by atoms with E-state index in [0.29, 0.717) is 5.56 Å². The Labute approximate surface area is 169 Å². The highest BCUT2D eigenvalue weighted by Crippen LogP contribution is 2.24. The van der Waals surface area contributed by atoms with Crippen molar-refractivity contribution >= 4 is 17.3 Å². The minimum absolute atomic E-state index is 0.220. The zero-order valence-corrected chi connectivity index (χ0v) is 18.3. The lowest BCUT2D eigenvalue weighted by Crippen LogP contribution is -2.11. The Bertz CT molecular complexity index is 619. The molecule has 0 spiro atoms. The average Bonchev–Trinajstić information content (AvgIpc) is 2.66. The molecule has 0 saturated heterocycles. The van der Waals surface area contributed by atoms with Crippen molar-refractivity contribution in [3.05, 3.63) is 34.4 Å². The van der Waals surface area contributed by atoms with Crippen molar-refractivity contribution in [2.24, 2.45) is 11.5 Å². The molecule has 6 heteroatoms. The summed E-state index contributed by atoms with van der Waals surface area (Å²) in [6.07, 6.45) is 5.73. The lowest BCUT2D eigenvalue weighted by molar-refractivity contribution is 0.0977. The van der Waals surface area contributed by atoms with Gasteiger partial charge in [-0.3, -0.25) is 14.4 Å². The first kappa shape index (κ1) is 28.3. The number of aliphatic hydroxyl groups is 1. The van der Waals surface area contributed by atoms with Crippen LogP contribution >= 0.6 is 0 Å². The molecule has 1 unspecified atom stereocenters. The van der Waals surface area contributed by atoms with Crippen molar-refractivity contribution in [1.29, 1.82) is 0 Å². The van der Waals surface area contributed by atoms with Gasteiger partial charge in [0.15, 0.2) is 17.3 Å². The number of carbonyl (C=O) groups excluding carboxylic acids is 3. The monoisotopic (exact) mass is 394 g/mol. The highest BCUT2D eigenvalue weighted by Gasteiger charge is 2.19. The molecule has 0 bridgehead atoms. The van der Waals surface area contributed by atoms with Crippen LogP contribution in [-0.4, -0.2) is 36.0 Å². The van der Waals surface area contributed by atoms with Crippen molar-refractivity contribution < 1.29 is 19.5 Å². The number of ketones is 3. The molecular weight excluding hydrogens is 356 g/mol. The summed E-state index contributed by atoms with van der Waals surface area (Å²) in [5.74, 6) is -0.791. The summed E-state index contributed by atoms with van der Waals surface area (Å²) in [6.45, 7) is 8.65. The maximum absolute atomic E-state index is 11.5. The van der Waals surface area contributed by atoms with Gasteiger partial charge in [0.05, 0.1) is 6.10 Å². The van der Waals surface area contributed by atoms with Gasteiger partial charge in [-0.15, -0.1) is 0 Å². The molecule has 0 amide bonds. The van der Waals surface area contributed by atoms with E-state index >= 15 is 0 Å². The molecule has 0 aliphatic rings. The van der Waals surface area contributed by atoms with Crippen LogP contribution in [0.25, 0.3) is 0 Å². The molecule has 1 atom stereocenters. The van der Waals surface area contributed by atoms with Crippen LogP contribution in [0.5, 0.6) is 0 Å². The van der Waals surface area contributed by atoms with Gasteiger partial charge in [-0.2, -0.15) is 0 Å². The van der Waals surface area contributed by atoms with E-state index in [2.05, 4.69) is 12.7 Å². The fourth-order valence-electron chi connectivity index (χ4n) is 2.60. The van der Waals surface area contributed by atoms with Crippen molar-refractivity contribution in [1.82, 2.24) is 0 Å². The third kappa shape index (κ3) is 10.4. The standard InChI is InChI=1S/C14H16O4.C7H17N.CH5N/c1-7(15)11-5-13(9(3)17)14(10(4)18)6-12(11)8(2)16;1-2-3-4-5-6-7-8;1-2/h5-7,15H,1-4H3;2-8H2,1H3;2H2,1H3. The van der Waals surface area contributed by atoms with E-state index < -0.39 is 6.10 Å². The minimum Gasteiger partial charge on any atom is -0.389 e. The van der Waals surface area contributed by atoms with Gasteiger partial charge in [0.2, 0.25) is 0 Å². The average molecular weight is 395 g/mol. The van der Waals surface area contributed by atoms with Crippen molar-refractivity contribution in [3.8, 4) is 0 Å². The van der Waals surface area contributed by atoms with Crippen LogP contribution < -0.4 is 11.5 Å². The lowest BCUT2D eigenvalue weighted by Gasteiger charge is -2.14. The van der Waals surface area contributed by atoms with Crippen LogP contribution in [0.15, 0.2) is 12.1 Å². The quantitative estimate of drug-likeness (QED) is 0.432. The van der Waals surface area contributed by atoms with E-state index in [1.165, 1.54) is 79.0 Å². The number of Topliss-reactive ketones (excluding diaryl/α,β-unsaturated/α-hetero) is 3. The minimum atomic E-state index is -0.872. The number of hydrogen-bond acceptors (Lipinski definition) is 6. The van der Waals surface area contributed by atoms with Crippen LogP contribution in [0.3, 0.4) is 0 Å². The molecule has 28 heavy (non-hydrogen) atoms. The topological polar surface area (TPSA) is 123 Å². The largest absolute Gasteiger partial charge is 0.389 e. The number of hydrogen-bond donors (Lipinski definition) is 3. The molecule has 0 heterocycles. The zero-order valence-electron chi connectivity index (χ0n) is 18.3. The predicted octanol–water partition coefficient (Wildman–Crippen LogP) is 3.84. The highest BCUT2D eigenvalue weighted by molar-refractivity contribution is 6.09. The Balaban J connectivity index is 0. The number of aliphatic hydroxyl groups excluding tert-OH is 1. The molecule has 1 rings (SSSR count). The molecule has 6 nitrogen and oxygen atoms in total. The third-order valence-electron chi connectivity index (χ3n) is 4.09. The van der Waals surface area contributed by atoms with Gasteiger partial charge in [0.1, 0.15) is 0 Å². The van der Waals surface area contributed by atoms with E-state index in [0.717, 1.165) is 6.54 Å². The van der Waals surface area contributed by atoms with E-state index in [1.54, 1.807) is 0 Å². The van der Waals surface area contributed by atoms with Crippen LogP contribution in [-0.2, 0) is 0 Å². The summed E-state index contributed by atoms with van der Waals surface area (Å²) in [4.78, 5) is 34.5. The molecule has 0 aliphatic heterocycles. The molecule has 5 N–H and O–H groups in total. The molecule has 0 aromatic heterocycles. The second-order valence-corrected chi connectivity index (χ2v) is 6.53. The van der Waals surface area contributed by atoms with Gasteiger partial charge in [0, 0.05) is 16.7 Å². The number of benzene rings is 1. The van der Waals surface area contributed by atoms with Crippen LogP contribution in [0.2, 0.25) is 0 Å². The Morgan fingerprint density at radius 1 is 0.857 bits per heavy atom. The van der Waals surface area contributed by atoms with Crippen LogP contribution in [0.4, 0.5) is 0 Å². The number of nitrogens with two attached hydrogens (primary N) is 2. The summed E-state index contributed by atoms with van der Waals surface area (Å²) in [7, 11) is 1.50. The van der Waals surface area contributed by atoms with E-state index in [-0.39, 0.29) is 34.0 Å². The summed E-state index contributed by atoms with van der Waals surface area (Å²) >= 11 is 0. The van der Waals surface area contributed by atoms with Crippen molar-refractivity contribution in [2.75, 3.05) is 13.6 Å². The maximum atomic E-state index is 11.5. The van der Waals surface area contributed by atoms with Crippen LogP contribution in [0.1, 0.15) is 109 Å². The summed E-state index contributed by atoms with van der Waals surface area (Å²) in [5.41, 5.74) is 10.9. The third-order valence-corrected chi connectivity index (χ3v) is 4.09. The van der Waals surface area contributed by atoms with Gasteiger partial charge in [-0.1, -0.05) is 32.6 Å². The number of carbonyl (C=O) groups is 3. The molecule has 0 radical (unpaired) electrons. The normalized spacial score (nSPS) is 10.8. The molecule has 1 aromatic rings. The number of unbranched alkanes of at least 4 members (excludes halogenated alkanes) is 4. The fraction of sp³-hybridized carbons (Fsp3) is 0.591. The predicted molar refractivity (Wildman–Crippen MR) is 115 cm³/mol. The molecule has 1 aromatic carbocycles. The van der Waals surface area contributed by atoms with Gasteiger partial charge in [-0.05, 0) is 65.4 Å². The summed E-state index contributed by atoms with van der Waals surface area (Å²) in [6, 6.07) is 2.82. The number of rotatable bonds is 9. The molecule has 0 saturated carbocycles. The summed E-state index contributed by atoms with van der Waals surface area (Å²) < 4.78 is 0. The fourth-order valence-corrected chi connectivity index (χ4v) is 2.60. The Hall–Kier alpha value is -1.89. The summed E-state index contributed by atoms with van der Waals surface area (Å²) in [5, 5.41) is 9.64.